The van der Waals surface area contributed by atoms with Gasteiger partial charge in [-0.3, -0.25) is 9.59 Å². The van der Waals surface area contributed by atoms with E-state index in [0.29, 0.717) is 30.6 Å². The third kappa shape index (κ3) is 2.93. The number of carbonyl (C=O) groups excluding carboxylic acids is 2. The zero-order chi connectivity index (χ0) is 17.0. The van der Waals surface area contributed by atoms with Crippen molar-refractivity contribution >= 4 is 11.8 Å². The molecule has 1 aromatic heterocycles. The maximum absolute atomic E-state index is 13.0. The number of rotatable bonds is 5. The van der Waals surface area contributed by atoms with E-state index in [9.17, 15) is 9.59 Å². The van der Waals surface area contributed by atoms with E-state index in [-0.39, 0.29) is 23.8 Å². The van der Waals surface area contributed by atoms with E-state index in [4.69, 9.17) is 4.52 Å². The summed E-state index contributed by atoms with van der Waals surface area (Å²) < 4.78 is 5.38. The standard InChI is InChI=1S/C18H24N4O3/c23-15-8-13(10-21(15)9-11-3-4-11)18(24)22-7-1-2-14(22)16-19-17(25-20-16)12-5-6-12/h11-14H,1-10H2/t13-,14-/m0/s1. The fourth-order valence-electron chi connectivity index (χ4n) is 4.14. The minimum atomic E-state index is -0.207. The van der Waals surface area contributed by atoms with Crippen LogP contribution in [0.1, 0.15) is 68.6 Å². The van der Waals surface area contributed by atoms with E-state index in [0.717, 1.165) is 44.7 Å². The summed E-state index contributed by atoms with van der Waals surface area (Å²) in [5, 5.41) is 4.14. The molecule has 2 aliphatic carbocycles. The Morgan fingerprint density at radius 1 is 1.20 bits per heavy atom. The molecule has 0 aromatic carbocycles. The van der Waals surface area contributed by atoms with Crippen LogP contribution in [-0.2, 0) is 9.59 Å². The zero-order valence-electron chi connectivity index (χ0n) is 14.4. The van der Waals surface area contributed by atoms with E-state index in [1.54, 1.807) is 0 Å². The molecule has 0 N–H and O–H groups in total. The lowest BCUT2D eigenvalue weighted by atomic mass is 10.1. The van der Waals surface area contributed by atoms with Gasteiger partial charge in [-0.05, 0) is 44.4 Å². The van der Waals surface area contributed by atoms with Crippen molar-refractivity contribution in [3.8, 4) is 0 Å². The SMILES string of the molecule is O=C1C[C@H](C(=O)N2CCC[C@H]2c2noc(C3CC3)n2)CN1CC1CC1. The molecule has 0 radical (unpaired) electrons. The van der Waals surface area contributed by atoms with E-state index in [2.05, 4.69) is 10.1 Å². The molecule has 1 aromatic rings. The first kappa shape index (κ1) is 15.3. The molecule has 2 saturated heterocycles. The Labute approximate surface area is 146 Å². The molecule has 2 aliphatic heterocycles. The van der Waals surface area contributed by atoms with E-state index < -0.39 is 0 Å². The molecule has 0 unspecified atom stereocenters. The molecule has 7 nitrogen and oxygen atoms in total. The Kier molecular flexibility index (Phi) is 3.57. The number of hydrogen-bond acceptors (Lipinski definition) is 5. The lowest BCUT2D eigenvalue weighted by Gasteiger charge is -2.25. The van der Waals surface area contributed by atoms with Gasteiger partial charge in [0, 0.05) is 32.0 Å². The summed E-state index contributed by atoms with van der Waals surface area (Å²) in [5.74, 6) is 2.48. The quantitative estimate of drug-likeness (QED) is 0.815. The van der Waals surface area contributed by atoms with Crippen molar-refractivity contribution in [2.75, 3.05) is 19.6 Å². The second-order valence-electron chi connectivity index (χ2n) is 8.10. The Morgan fingerprint density at radius 2 is 2.04 bits per heavy atom. The number of carbonyl (C=O) groups is 2. The van der Waals surface area contributed by atoms with Crippen molar-refractivity contribution in [2.24, 2.45) is 11.8 Å². The summed E-state index contributed by atoms with van der Waals surface area (Å²) in [6.07, 6.45) is 6.87. The van der Waals surface area contributed by atoms with Gasteiger partial charge in [-0.1, -0.05) is 5.16 Å². The van der Waals surface area contributed by atoms with Crippen LogP contribution in [0, 0.1) is 11.8 Å². The molecule has 2 amide bonds. The summed E-state index contributed by atoms with van der Waals surface area (Å²) in [7, 11) is 0. The van der Waals surface area contributed by atoms with Crippen LogP contribution in [0.3, 0.4) is 0 Å². The number of likely N-dealkylation sites (tertiary alicyclic amines) is 2. The van der Waals surface area contributed by atoms with Gasteiger partial charge in [-0.25, -0.2) is 0 Å². The van der Waals surface area contributed by atoms with Crippen molar-refractivity contribution in [1.29, 1.82) is 0 Å². The lowest BCUT2D eigenvalue weighted by molar-refractivity contribution is -0.136. The molecule has 3 heterocycles. The average Bonchev–Trinajstić information content (AvgIpc) is 3.47. The van der Waals surface area contributed by atoms with Gasteiger partial charge in [0.05, 0.1) is 12.0 Å². The molecule has 2 saturated carbocycles. The molecule has 134 valence electrons. The third-order valence-electron chi connectivity index (χ3n) is 5.96. The lowest BCUT2D eigenvalue weighted by Crippen LogP contribution is -2.37. The Hall–Kier alpha value is -1.92. The molecule has 2 atom stereocenters. The highest BCUT2D eigenvalue weighted by Gasteiger charge is 2.42. The monoisotopic (exact) mass is 344 g/mol. The maximum atomic E-state index is 13.0. The first-order chi connectivity index (χ1) is 12.2. The van der Waals surface area contributed by atoms with E-state index in [1.165, 1.54) is 12.8 Å². The van der Waals surface area contributed by atoms with Gasteiger partial charge in [0.2, 0.25) is 17.7 Å². The smallest absolute Gasteiger partial charge is 0.229 e. The number of nitrogens with zero attached hydrogens (tertiary/aromatic N) is 4. The second kappa shape index (κ2) is 5.81. The largest absolute Gasteiger partial charge is 0.342 e. The van der Waals surface area contributed by atoms with Gasteiger partial charge in [-0.2, -0.15) is 4.98 Å². The van der Waals surface area contributed by atoms with Crippen LogP contribution in [0.4, 0.5) is 0 Å². The second-order valence-corrected chi connectivity index (χ2v) is 8.10. The van der Waals surface area contributed by atoms with Gasteiger partial charge in [0.15, 0.2) is 5.82 Å². The van der Waals surface area contributed by atoms with Gasteiger partial charge in [0.25, 0.3) is 0 Å². The summed E-state index contributed by atoms with van der Waals surface area (Å²) >= 11 is 0. The van der Waals surface area contributed by atoms with Crippen molar-refractivity contribution in [2.45, 2.75) is 56.9 Å². The molecule has 25 heavy (non-hydrogen) atoms. The fraction of sp³-hybridized carbons (Fsp3) is 0.778. The van der Waals surface area contributed by atoms with E-state index in [1.807, 2.05) is 9.80 Å². The summed E-state index contributed by atoms with van der Waals surface area (Å²) in [4.78, 5) is 33.6. The van der Waals surface area contributed by atoms with Gasteiger partial charge >= 0.3 is 0 Å². The molecule has 5 rings (SSSR count). The highest BCUT2D eigenvalue weighted by Crippen LogP contribution is 2.40. The molecule has 4 fully saturated rings. The summed E-state index contributed by atoms with van der Waals surface area (Å²) in [6.45, 7) is 2.14. The fourth-order valence-corrected chi connectivity index (χ4v) is 4.14. The van der Waals surface area contributed by atoms with Gasteiger partial charge < -0.3 is 14.3 Å². The average molecular weight is 344 g/mol. The van der Waals surface area contributed by atoms with Crippen LogP contribution < -0.4 is 0 Å². The summed E-state index contributed by atoms with van der Waals surface area (Å²) in [5.41, 5.74) is 0. The zero-order valence-corrected chi connectivity index (χ0v) is 14.4. The number of aromatic nitrogens is 2. The van der Waals surface area contributed by atoms with Gasteiger partial charge in [0.1, 0.15) is 0 Å². The third-order valence-corrected chi connectivity index (χ3v) is 5.96. The van der Waals surface area contributed by atoms with Crippen molar-refractivity contribution < 1.29 is 14.1 Å². The molecule has 0 spiro atoms. The summed E-state index contributed by atoms with van der Waals surface area (Å²) in [6, 6.07) is -0.0867. The van der Waals surface area contributed by atoms with E-state index >= 15 is 0 Å². The molecular formula is C18H24N4O3. The van der Waals surface area contributed by atoms with Crippen molar-refractivity contribution in [3.63, 3.8) is 0 Å². The first-order valence-electron chi connectivity index (χ1n) is 9.61. The molecular weight excluding hydrogens is 320 g/mol. The van der Waals surface area contributed by atoms with Crippen LogP contribution in [0.2, 0.25) is 0 Å². The minimum absolute atomic E-state index is 0.0867. The number of amides is 2. The first-order valence-corrected chi connectivity index (χ1v) is 9.61. The van der Waals surface area contributed by atoms with Crippen LogP contribution in [-0.4, -0.2) is 51.4 Å². The predicted octanol–water partition coefficient (Wildman–Crippen LogP) is 1.87. The minimum Gasteiger partial charge on any atom is -0.342 e. The van der Waals surface area contributed by atoms with Crippen LogP contribution in [0.15, 0.2) is 4.52 Å². The molecule has 7 heteroatoms. The highest BCUT2D eigenvalue weighted by atomic mass is 16.5. The van der Waals surface area contributed by atoms with Crippen LogP contribution >= 0.6 is 0 Å². The Morgan fingerprint density at radius 3 is 2.80 bits per heavy atom. The van der Waals surface area contributed by atoms with Crippen LogP contribution in [0.25, 0.3) is 0 Å². The normalized spacial score (nSPS) is 29.7. The molecule has 0 bridgehead atoms. The Balaban J connectivity index is 1.27. The Bertz CT molecular complexity index is 694. The topological polar surface area (TPSA) is 79.5 Å². The predicted molar refractivity (Wildman–Crippen MR) is 87.4 cm³/mol. The molecule has 4 aliphatic rings. The number of hydrogen-bond donors (Lipinski definition) is 0. The van der Waals surface area contributed by atoms with Crippen LogP contribution in [0.5, 0.6) is 0 Å². The van der Waals surface area contributed by atoms with Crippen molar-refractivity contribution in [3.05, 3.63) is 11.7 Å². The van der Waals surface area contributed by atoms with Crippen molar-refractivity contribution in [1.82, 2.24) is 19.9 Å². The van der Waals surface area contributed by atoms with Gasteiger partial charge in [-0.15, -0.1) is 0 Å². The maximum Gasteiger partial charge on any atom is 0.229 e. The highest BCUT2D eigenvalue weighted by molar-refractivity contribution is 5.89.